The predicted molar refractivity (Wildman–Crippen MR) is 68.8 cm³/mol. The topological polar surface area (TPSA) is 60.3 Å². The van der Waals surface area contributed by atoms with Crippen LogP contribution >= 0.6 is 0 Å². The summed E-state index contributed by atoms with van der Waals surface area (Å²) in [5.41, 5.74) is 0.418. The zero-order valence-corrected chi connectivity index (χ0v) is 11.1. The van der Waals surface area contributed by atoms with Gasteiger partial charge in [0.1, 0.15) is 23.2 Å². The van der Waals surface area contributed by atoms with Crippen molar-refractivity contribution >= 4 is 11.6 Å². The van der Waals surface area contributed by atoms with Crippen LogP contribution in [-0.2, 0) is 18.4 Å². The molecular weight excluding hydrogens is 263 g/mol. The summed E-state index contributed by atoms with van der Waals surface area (Å²) >= 11 is 0. The lowest BCUT2D eigenvalue weighted by molar-refractivity contribution is -0.121. The molecule has 7 heteroatoms. The summed E-state index contributed by atoms with van der Waals surface area (Å²) < 4.78 is 20.3. The van der Waals surface area contributed by atoms with Gasteiger partial charge in [-0.15, -0.1) is 0 Å². The minimum Gasteiger partial charge on any atom is -0.482 e. The van der Waals surface area contributed by atoms with Crippen LogP contribution in [0.4, 0.5) is 10.1 Å². The molecule has 1 aromatic heterocycles. The zero-order valence-electron chi connectivity index (χ0n) is 11.1. The fourth-order valence-corrected chi connectivity index (χ4v) is 2.18. The van der Waals surface area contributed by atoms with E-state index in [-0.39, 0.29) is 19.1 Å². The minimum atomic E-state index is -0.416. The van der Waals surface area contributed by atoms with Crippen LogP contribution in [0.3, 0.4) is 0 Å². The zero-order chi connectivity index (χ0) is 14.3. The van der Waals surface area contributed by atoms with Crippen molar-refractivity contribution in [3.05, 3.63) is 35.7 Å². The van der Waals surface area contributed by atoms with Crippen molar-refractivity contribution < 1.29 is 13.9 Å². The van der Waals surface area contributed by atoms with E-state index in [9.17, 15) is 9.18 Å². The number of hydrogen-bond acceptors (Lipinski definition) is 4. The molecule has 0 N–H and O–H groups in total. The molecule has 20 heavy (non-hydrogen) atoms. The number of aromatic nitrogens is 3. The summed E-state index contributed by atoms with van der Waals surface area (Å²) in [6.45, 7) is 1.95. The van der Waals surface area contributed by atoms with Crippen LogP contribution in [0.1, 0.15) is 11.6 Å². The SMILES string of the molecule is Cc1nc(CN2C(=O)COc3ccc(F)cc32)n(C)n1. The van der Waals surface area contributed by atoms with Gasteiger partial charge in [0.15, 0.2) is 6.61 Å². The monoisotopic (exact) mass is 276 g/mol. The highest BCUT2D eigenvalue weighted by atomic mass is 19.1. The van der Waals surface area contributed by atoms with E-state index >= 15 is 0 Å². The van der Waals surface area contributed by atoms with Gasteiger partial charge in [-0.1, -0.05) is 0 Å². The molecule has 1 aliphatic heterocycles. The van der Waals surface area contributed by atoms with E-state index in [0.717, 1.165) is 0 Å². The fraction of sp³-hybridized carbons (Fsp3) is 0.308. The van der Waals surface area contributed by atoms with Crippen molar-refractivity contribution in [3.63, 3.8) is 0 Å². The maximum absolute atomic E-state index is 13.4. The van der Waals surface area contributed by atoms with E-state index < -0.39 is 5.82 Å². The number of ether oxygens (including phenoxy) is 1. The number of anilines is 1. The molecule has 1 aliphatic rings. The summed E-state index contributed by atoms with van der Waals surface area (Å²) in [4.78, 5) is 17.7. The summed E-state index contributed by atoms with van der Waals surface area (Å²) in [5, 5.41) is 4.14. The normalized spacial score (nSPS) is 14.2. The Balaban J connectivity index is 1.99. The van der Waals surface area contributed by atoms with E-state index in [2.05, 4.69) is 10.1 Å². The Hall–Kier alpha value is -2.44. The first kappa shape index (κ1) is 12.6. The molecule has 104 valence electrons. The summed E-state index contributed by atoms with van der Waals surface area (Å²) in [7, 11) is 1.76. The molecule has 2 aromatic rings. The first-order valence-electron chi connectivity index (χ1n) is 6.14. The van der Waals surface area contributed by atoms with Crippen molar-refractivity contribution in [1.29, 1.82) is 0 Å². The van der Waals surface area contributed by atoms with E-state index in [1.165, 1.54) is 23.1 Å². The number of benzene rings is 1. The van der Waals surface area contributed by atoms with Gasteiger partial charge in [-0.3, -0.25) is 14.4 Å². The number of nitrogens with zero attached hydrogens (tertiary/aromatic N) is 4. The van der Waals surface area contributed by atoms with Gasteiger partial charge in [-0.2, -0.15) is 5.10 Å². The number of carbonyl (C=O) groups is 1. The molecule has 0 fully saturated rings. The molecule has 0 saturated carbocycles. The number of rotatable bonds is 2. The standard InChI is InChI=1S/C13H13FN4O2/c1-8-15-12(17(2)16-8)6-18-10-5-9(14)3-4-11(10)20-7-13(18)19/h3-5H,6-7H2,1-2H3. The van der Waals surface area contributed by atoms with Gasteiger partial charge < -0.3 is 4.74 Å². The Morgan fingerprint density at radius 2 is 2.25 bits per heavy atom. The maximum Gasteiger partial charge on any atom is 0.265 e. The van der Waals surface area contributed by atoms with Crippen molar-refractivity contribution in [2.24, 2.45) is 7.05 Å². The van der Waals surface area contributed by atoms with E-state index in [0.29, 0.717) is 23.1 Å². The Labute approximate surface area is 114 Å². The van der Waals surface area contributed by atoms with E-state index in [1.54, 1.807) is 18.7 Å². The molecule has 1 aromatic carbocycles. The second-order valence-corrected chi connectivity index (χ2v) is 4.58. The first-order valence-corrected chi connectivity index (χ1v) is 6.14. The molecule has 0 unspecified atom stereocenters. The lowest BCUT2D eigenvalue weighted by atomic mass is 10.2. The van der Waals surface area contributed by atoms with E-state index in [1.807, 2.05) is 0 Å². The Morgan fingerprint density at radius 1 is 1.45 bits per heavy atom. The number of hydrogen-bond donors (Lipinski definition) is 0. The van der Waals surface area contributed by atoms with Crippen molar-refractivity contribution in [1.82, 2.24) is 14.8 Å². The Morgan fingerprint density at radius 3 is 2.95 bits per heavy atom. The van der Waals surface area contributed by atoms with Crippen LogP contribution in [0.15, 0.2) is 18.2 Å². The number of fused-ring (bicyclic) bond motifs is 1. The molecule has 3 rings (SSSR count). The highest BCUT2D eigenvalue weighted by molar-refractivity contribution is 5.97. The van der Waals surface area contributed by atoms with Crippen LogP contribution in [0.5, 0.6) is 5.75 Å². The lowest BCUT2D eigenvalue weighted by Gasteiger charge is -2.28. The third-order valence-corrected chi connectivity index (χ3v) is 3.12. The van der Waals surface area contributed by atoms with Gasteiger partial charge in [0, 0.05) is 13.1 Å². The van der Waals surface area contributed by atoms with Gasteiger partial charge >= 0.3 is 0 Å². The third kappa shape index (κ3) is 2.11. The van der Waals surface area contributed by atoms with Crippen molar-refractivity contribution in [2.45, 2.75) is 13.5 Å². The minimum absolute atomic E-state index is 0.0601. The molecule has 1 amide bonds. The predicted octanol–water partition coefficient (Wildman–Crippen LogP) is 1.19. The molecule has 0 bridgehead atoms. The summed E-state index contributed by atoms with van der Waals surface area (Å²) in [6.07, 6.45) is 0. The first-order chi connectivity index (χ1) is 9.54. The van der Waals surface area contributed by atoms with Gasteiger partial charge in [-0.05, 0) is 19.1 Å². The molecular formula is C13H13FN4O2. The molecule has 0 radical (unpaired) electrons. The molecule has 0 atom stereocenters. The maximum atomic E-state index is 13.4. The average molecular weight is 276 g/mol. The number of amides is 1. The summed E-state index contributed by atoms with van der Waals surface area (Å²) in [6, 6.07) is 4.11. The van der Waals surface area contributed by atoms with Gasteiger partial charge in [-0.25, -0.2) is 9.37 Å². The summed E-state index contributed by atoms with van der Waals surface area (Å²) in [5.74, 6) is 1.10. The van der Waals surface area contributed by atoms with Crippen LogP contribution in [0, 0.1) is 12.7 Å². The molecule has 0 spiro atoms. The fourth-order valence-electron chi connectivity index (χ4n) is 2.18. The smallest absolute Gasteiger partial charge is 0.265 e. The molecule has 6 nitrogen and oxygen atoms in total. The van der Waals surface area contributed by atoms with Gasteiger partial charge in [0.05, 0.1) is 12.2 Å². The second-order valence-electron chi connectivity index (χ2n) is 4.58. The highest BCUT2D eigenvalue weighted by Crippen LogP contribution is 2.33. The number of aryl methyl sites for hydroxylation is 2. The molecule has 2 heterocycles. The second kappa shape index (κ2) is 4.59. The van der Waals surface area contributed by atoms with Crippen molar-refractivity contribution in [2.75, 3.05) is 11.5 Å². The van der Waals surface area contributed by atoms with Gasteiger partial charge in [0.25, 0.3) is 5.91 Å². The van der Waals surface area contributed by atoms with E-state index in [4.69, 9.17) is 4.74 Å². The molecule has 0 saturated heterocycles. The lowest BCUT2D eigenvalue weighted by Crippen LogP contribution is -2.39. The number of carbonyl (C=O) groups excluding carboxylic acids is 1. The van der Waals surface area contributed by atoms with Crippen LogP contribution in [0.2, 0.25) is 0 Å². The van der Waals surface area contributed by atoms with Crippen LogP contribution in [-0.4, -0.2) is 27.3 Å². The third-order valence-electron chi connectivity index (χ3n) is 3.12. The number of halogens is 1. The van der Waals surface area contributed by atoms with Crippen LogP contribution < -0.4 is 9.64 Å². The quantitative estimate of drug-likeness (QED) is 0.826. The van der Waals surface area contributed by atoms with Crippen molar-refractivity contribution in [3.8, 4) is 5.75 Å². The van der Waals surface area contributed by atoms with Gasteiger partial charge in [0.2, 0.25) is 0 Å². The molecule has 0 aliphatic carbocycles. The highest BCUT2D eigenvalue weighted by Gasteiger charge is 2.27. The Bertz CT molecular complexity index is 683. The largest absolute Gasteiger partial charge is 0.482 e. The van der Waals surface area contributed by atoms with Crippen LogP contribution in [0.25, 0.3) is 0 Å². The Kier molecular flexibility index (Phi) is 2.89. The average Bonchev–Trinajstić information content (AvgIpc) is 2.71.